The molecule has 0 heterocycles. The van der Waals surface area contributed by atoms with E-state index < -0.39 is 97.5 Å². The molecular formula is C73H142O17P2. The van der Waals surface area contributed by atoms with E-state index in [-0.39, 0.29) is 25.7 Å². The maximum Gasteiger partial charge on any atom is 0.472 e. The Morgan fingerprint density at radius 3 is 0.739 bits per heavy atom. The predicted molar refractivity (Wildman–Crippen MR) is 372 cm³/mol. The van der Waals surface area contributed by atoms with Crippen LogP contribution in [0.25, 0.3) is 0 Å². The van der Waals surface area contributed by atoms with Crippen molar-refractivity contribution in [2.24, 2.45) is 11.8 Å². The Hall–Kier alpha value is -1.94. The first kappa shape index (κ1) is 90.1. The molecule has 17 nitrogen and oxygen atoms in total. The quantitative estimate of drug-likeness (QED) is 0.0222. The molecule has 0 aromatic heterocycles. The number of rotatable bonds is 72. The SMILES string of the molecule is CCCCCCCCCCCCCCCCC(=O)OC[C@H](COP(=O)(O)OC[C@@H](O)COP(=O)(O)OC[C@@H](COC(=O)CCCCCCCCCCC)OC(=O)CCCCCCCCCCCC(C)C)OC(=O)CCCCCCCCCCCCCCCCC(C)C. The number of phosphoric acid groups is 2. The van der Waals surface area contributed by atoms with Gasteiger partial charge in [0, 0.05) is 25.7 Å². The molecule has 5 atom stereocenters. The molecule has 0 aliphatic carbocycles. The highest BCUT2D eigenvalue weighted by atomic mass is 31.2. The van der Waals surface area contributed by atoms with E-state index >= 15 is 0 Å². The molecule has 0 bridgehead atoms. The molecule has 0 aromatic carbocycles. The molecule has 0 radical (unpaired) electrons. The lowest BCUT2D eigenvalue weighted by molar-refractivity contribution is -0.161. The van der Waals surface area contributed by atoms with E-state index in [9.17, 15) is 43.2 Å². The number of carbonyl (C=O) groups is 4. The zero-order chi connectivity index (χ0) is 67.9. The fourth-order valence-electron chi connectivity index (χ4n) is 11.1. The van der Waals surface area contributed by atoms with Crippen LogP contribution in [0.2, 0.25) is 0 Å². The zero-order valence-electron chi connectivity index (χ0n) is 59.9. The Bertz CT molecular complexity index is 1790. The van der Waals surface area contributed by atoms with Crippen LogP contribution in [0.5, 0.6) is 0 Å². The molecule has 0 spiro atoms. The summed E-state index contributed by atoms with van der Waals surface area (Å²) in [5.41, 5.74) is 0. The lowest BCUT2D eigenvalue weighted by Gasteiger charge is -2.21. The molecule has 3 N–H and O–H groups in total. The Balaban J connectivity index is 5.23. The molecule has 0 saturated carbocycles. The van der Waals surface area contributed by atoms with Crippen molar-refractivity contribution in [1.82, 2.24) is 0 Å². The van der Waals surface area contributed by atoms with Crippen LogP contribution in [0.1, 0.15) is 375 Å². The summed E-state index contributed by atoms with van der Waals surface area (Å²) >= 11 is 0. The fraction of sp³-hybridized carbons (Fsp3) is 0.945. The minimum absolute atomic E-state index is 0.105. The third-order valence-corrected chi connectivity index (χ3v) is 18.9. The van der Waals surface area contributed by atoms with Crippen LogP contribution in [0, 0.1) is 11.8 Å². The van der Waals surface area contributed by atoms with Crippen molar-refractivity contribution >= 4 is 39.5 Å². The summed E-state index contributed by atoms with van der Waals surface area (Å²) in [6, 6.07) is 0. The molecule has 0 aliphatic heterocycles. The Morgan fingerprint density at radius 1 is 0.293 bits per heavy atom. The fourth-order valence-corrected chi connectivity index (χ4v) is 12.7. The topological polar surface area (TPSA) is 237 Å². The second-order valence-corrected chi connectivity index (χ2v) is 30.2. The van der Waals surface area contributed by atoms with E-state index in [1.807, 2.05) is 0 Å². The molecule has 0 rings (SSSR count). The van der Waals surface area contributed by atoms with Crippen LogP contribution >= 0.6 is 15.6 Å². The first-order chi connectivity index (χ1) is 44.4. The number of hydrogen-bond donors (Lipinski definition) is 3. The molecule has 92 heavy (non-hydrogen) atoms. The van der Waals surface area contributed by atoms with Gasteiger partial charge in [0.05, 0.1) is 26.4 Å². The standard InChI is InChI=1S/C73H142O17P2/c1-7-9-11-13-15-17-18-19-23-26-32-38-44-50-56-71(76)84-62-69(89-72(77)57-51-45-39-33-27-24-21-20-22-25-30-35-41-47-53-65(3)4)64-88-92(81,82)86-60-67(74)59-85-91(79,80)87-63-68(61-83-70(75)55-49-43-37-29-16-14-12-10-8-2)90-73(78)58-52-46-40-34-28-31-36-42-48-54-66(5)6/h65-69,74H,7-64H2,1-6H3,(H,79,80)(H,81,82)/t67-,68+,69+/m0/s1. The van der Waals surface area contributed by atoms with Gasteiger partial charge in [0.2, 0.25) is 0 Å². The summed E-state index contributed by atoms with van der Waals surface area (Å²) in [7, 11) is -9.90. The second kappa shape index (κ2) is 65.0. The number of ether oxygens (including phenoxy) is 4. The van der Waals surface area contributed by atoms with Crippen LogP contribution in [0.3, 0.4) is 0 Å². The van der Waals surface area contributed by atoms with Crippen molar-refractivity contribution in [3.05, 3.63) is 0 Å². The van der Waals surface area contributed by atoms with Gasteiger partial charge < -0.3 is 33.8 Å². The van der Waals surface area contributed by atoms with E-state index in [4.69, 9.17) is 37.0 Å². The van der Waals surface area contributed by atoms with E-state index in [1.165, 1.54) is 193 Å². The second-order valence-electron chi connectivity index (χ2n) is 27.3. The Kier molecular flexibility index (Phi) is 63.7. The zero-order valence-corrected chi connectivity index (χ0v) is 61.6. The van der Waals surface area contributed by atoms with Crippen LogP contribution in [0.15, 0.2) is 0 Å². The number of carbonyl (C=O) groups excluding carboxylic acids is 4. The first-order valence-electron chi connectivity index (χ1n) is 38.0. The highest BCUT2D eigenvalue weighted by molar-refractivity contribution is 7.47. The van der Waals surface area contributed by atoms with Gasteiger partial charge in [-0.05, 0) is 37.5 Å². The van der Waals surface area contributed by atoms with Crippen LogP contribution in [-0.2, 0) is 65.4 Å². The first-order valence-corrected chi connectivity index (χ1v) is 41.0. The average Bonchev–Trinajstić information content (AvgIpc) is 2.33. The minimum atomic E-state index is -4.95. The van der Waals surface area contributed by atoms with Gasteiger partial charge in [-0.15, -0.1) is 0 Å². The van der Waals surface area contributed by atoms with Gasteiger partial charge in [0.25, 0.3) is 0 Å². The molecular weight excluding hydrogens is 1210 g/mol. The van der Waals surface area contributed by atoms with Gasteiger partial charge in [0.15, 0.2) is 12.2 Å². The number of aliphatic hydroxyl groups is 1. The van der Waals surface area contributed by atoms with Crippen molar-refractivity contribution in [3.8, 4) is 0 Å². The van der Waals surface area contributed by atoms with Crippen molar-refractivity contribution in [2.75, 3.05) is 39.6 Å². The summed E-state index contributed by atoms with van der Waals surface area (Å²) in [6.07, 6.45) is 51.3. The minimum Gasteiger partial charge on any atom is -0.462 e. The highest BCUT2D eigenvalue weighted by Gasteiger charge is 2.30. The predicted octanol–water partition coefficient (Wildman–Crippen LogP) is 21.2. The monoisotopic (exact) mass is 1350 g/mol. The average molecular weight is 1350 g/mol. The highest BCUT2D eigenvalue weighted by Crippen LogP contribution is 2.45. The number of esters is 4. The largest absolute Gasteiger partial charge is 0.472 e. The molecule has 0 aliphatic rings. The summed E-state index contributed by atoms with van der Waals surface area (Å²) in [6.45, 7) is 9.56. The van der Waals surface area contributed by atoms with Crippen molar-refractivity contribution in [3.63, 3.8) is 0 Å². The number of hydrogen-bond acceptors (Lipinski definition) is 15. The molecule has 0 fully saturated rings. The Labute approximate surface area is 562 Å². The maximum atomic E-state index is 13.1. The van der Waals surface area contributed by atoms with Gasteiger partial charge in [-0.25, -0.2) is 9.13 Å². The molecule has 0 saturated heterocycles. The summed E-state index contributed by atoms with van der Waals surface area (Å²) in [5, 5.41) is 10.6. The van der Waals surface area contributed by atoms with E-state index in [0.717, 1.165) is 102 Å². The van der Waals surface area contributed by atoms with Gasteiger partial charge in [-0.2, -0.15) is 0 Å². The number of phosphoric ester groups is 2. The van der Waals surface area contributed by atoms with Gasteiger partial charge in [-0.1, -0.05) is 324 Å². The molecule has 19 heteroatoms. The van der Waals surface area contributed by atoms with Gasteiger partial charge in [-0.3, -0.25) is 37.3 Å². The lowest BCUT2D eigenvalue weighted by Crippen LogP contribution is -2.30. The van der Waals surface area contributed by atoms with E-state index in [2.05, 4.69) is 41.5 Å². The third-order valence-electron chi connectivity index (χ3n) is 17.0. The van der Waals surface area contributed by atoms with Gasteiger partial charge in [0.1, 0.15) is 19.3 Å². The smallest absolute Gasteiger partial charge is 0.462 e. The summed E-state index contributed by atoms with van der Waals surface area (Å²) < 4.78 is 68.4. The summed E-state index contributed by atoms with van der Waals surface area (Å²) in [4.78, 5) is 72.6. The normalized spacial score (nSPS) is 14.1. The third kappa shape index (κ3) is 66.7. The van der Waals surface area contributed by atoms with Crippen molar-refractivity contribution < 1.29 is 80.2 Å². The van der Waals surface area contributed by atoms with Crippen LogP contribution in [0.4, 0.5) is 0 Å². The number of aliphatic hydroxyl groups excluding tert-OH is 1. The summed E-state index contributed by atoms with van der Waals surface area (Å²) in [5.74, 6) is -0.588. The molecule has 0 aromatic rings. The van der Waals surface area contributed by atoms with Crippen LogP contribution < -0.4 is 0 Å². The molecule has 0 amide bonds. The lowest BCUT2D eigenvalue weighted by atomic mass is 10.0. The molecule has 546 valence electrons. The Morgan fingerprint density at radius 2 is 0.500 bits per heavy atom. The molecule has 2 unspecified atom stereocenters. The van der Waals surface area contributed by atoms with Gasteiger partial charge >= 0.3 is 39.5 Å². The van der Waals surface area contributed by atoms with Crippen molar-refractivity contribution in [2.45, 2.75) is 394 Å². The van der Waals surface area contributed by atoms with Crippen molar-refractivity contribution in [1.29, 1.82) is 0 Å². The maximum absolute atomic E-state index is 13.1. The van der Waals surface area contributed by atoms with E-state index in [1.54, 1.807) is 0 Å². The number of unbranched alkanes of at least 4 members (excludes halogenated alkanes) is 42. The van der Waals surface area contributed by atoms with E-state index in [0.29, 0.717) is 25.7 Å². The van der Waals surface area contributed by atoms with Crippen LogP contribution in [-0.4, -0.2) is 96.7 Å².